The highest BCUT2D eigenvalue weighted by atomic mass is 35.5. The van der Waals surface area contributed by atoms with E-state index in [-0.39, 0.29) is 0 Å². The topological polar surface area (TPSA) is 30.0 Å². The quantitative estimate of drug-likeness (QED) is 0.760. The first-order chi connectivity index (χ1) is 8.11. The van der Waals surface area contributed by atoms with Crippen molar-refractivity contribution in [3.05, 3.63) is 51.1 Å². The van der Waals surface area contributed by atoms with Crippen molar-refractivity contribution in [2.24, 2.45) is 0 Å². The second-order valence-corrected chi connectivity index (χ2v) is 4.59. The molecule has 0 amide bonds. The van der Waals surface area contributed by atoms with Crippen LogP contribution < -0.4 is 0 Å². The standard InChI is InChI=1S/C12H6Cl3NO/c13-8-1-2-10(14)9(4-8)12-11(15)3-7(6-17)5-16-12/h1-6H. The fraction of sp³-hybridized carbons (Fsp3) is 0. The van der Waals surface area contributed by atoms with Crippen LogP contribution in [0.5, 0.6) is 0 Å². The fourth-order valence-electron chi connectivity index (χ4n) is 1.39. The Balaban J connectivity index is 2.60. The highest BCUT2D eigenvalue weighted by Gasteiger charge is 2.10. The maximum atomic E-state index is 10.6. The number of benzene rings is 1. The minimum atomic E-state index is 0.360. The number of halogens is 3. The molecule has 0 aliphatic heterocycles. The van der Waals surface area contributed by atoms with E-state index in [2.05, 4.69) is 4.98 Å². The first kappa shape index (κ1) is 12.4. The van der Waals surface area contributed by atoms with Crippen LogP contribution in [-0.4, -0.2) is 11.3 Å². The average molecular weight is 287 g/mol. The molecule has 1 heterocycles. The summed E-state index contributed by atoms with van der Waals surface area (Å²) in [7, 11) is 0. The zero-order valence-corrected chi connectivity index (χ0v) is 10.7. The third kappa shape index (κ3) is 2.60. The summed E-state index contributed by atoms with van der Waals surface area (Å²) in [6.07, 6.45) is 2.12. The second kappa shape index (κ2) is 5.05. The highest BCUT2D eigenvalue weighted by Crippen LogP contribution is 2.33. The van der Waals surface area contributed by atoms with E-state index in [1.54, 1.807) is 18.2 Å². The van der Waals surface area contributed by atoms with E-state index in [0.717, 1.165) is 0 Å². The van der Waals surface area contributed by atoms with E-state index < -0.39 is 0 Å². The molecule has 17 heavy (non-hydrogen) atoms. The van der Waals surface area contributed by atoms with Gasteiger partial charge in [-0.05, 0) is 24.3 Å². The van der Waals surface area contributed by atoms with Crippen molar-refractivity contribution < 1.29 is 4.79 Å². The van der Waals surface area contributed by atoms with Crippen LogP contribution in [0.3, 0.4) is 0 Å². The molecule has 0 atom stereocenters. The van der Waals surface area contributed by atoms with Gasteiger partial charge in [-0.25, -0.2) is 0 Å². The highest BCUT2D eigenvalue weighted by molar-refractivity contribution is 6.37. The molecule has 0 aliphatic rings. The molecule has 1 aromatic carbocycles. The van der Waals surface area contributed by atoms with Gasteiger partial charge in [-0.15, -0.1) is 0 Å². The van der Waals surface area contributed by atoms with E-state index in [9.17, 15) is 4.79 Å². The number of nitrogens with zero attached hydrogens (tertiary/aromatic N) is 1. The molecule has 0 bridgehead atoms. The molecular weight excluding hydrogens is 280 g/mol. The maximum absolute atomic E-state index is 10.6. The predicted octanol–water partition coefficient (Wildman–Crippen LogP) is 4.52. The van der Waals surface area contributed by atoms with Crippen molar-refractivity contribution in [3.8, 4) is 11.3 Å². The fourth-order valence-corrected chi connectivity index (χ4v) is 2.05. The smallest absolute Gasteiger partial charge is 0.151 e. The molecule has 5 heteroatoms. The molecule has 0 saturated carbocycles. The molecule has 86 valence electrons. The van der Waals surface area contributed by atoms with Gasteiger partial charge in [0.05, 0.1) is 15.7 Å². The largest absolute Gasteiger partial charge is 0.298 e. The van der Waals surface area contributed by atoms with Crippen molar-refractivity contribution in [2.75, 3.05) is 0 Å². The SMILES string of the molecule is O=Cc1cnc(-c2cc(Cl)ccc2Cl)c(Cl)c1. The van der Waals surface area contributed by atoms with Crippen LogP contribution in [0.1, 0.15) is 10.4 Å². The van der Waals surface area contributed by atoms with Gasteiger partial charge in [0, 0.05) is 22.3 Å². The number of aromatic nitrogens is 1. The third-order valence-electron chi connectivity index (χ3n) is 2.18. The Labute approximate surface area is 113 Å². The number of rotatable bonds is 2. The van der Waals surface area contributed by atoms with Gasteiger partial charge in [0.15, 0.2) is 6.29 Å². The van der Waals surface area contributed by atoms with Gasteiger partial charge in [0.25, 0.3) is 0 Å². The van der Waals surface area contributed by atoms with Crippen LogP contribution in [0.4, 0.5) is 0 Å². The summed E-state index contributed by atoms with van der Waals surface area (Å²) in [6, 6.07) is 6.57. The van der Waals surface area contributed by atoms with Crippen molar-refractivity contribution in [3.63, 3.8) is 0 Å². The van der Waals surface area contributed by atoms with Crippen LogP contribution in [-0.2, 0) is 0 Å². The lowest BCUT2D eigenvalue weighted by atomic mass is 10.1. The van der Waals surface area contributed by atoms with Crippen molar-refractivity contribution in [1.29, 1.82) is 0 Å². The van der Waals surface area contributed by atoms with Crippen LogP contribution in [0.15, 0.2) is 30.5 Å². The summed E-state index contributed by atoms with van der Waals surface area (Å²) >= 11 is 18.0. The molecule has 0 spiro atoms. The van der Waals surface area contributed by atoms with Gasteiger partial charge in [-0.3, -0.25) is 9.78 Å². The molecule has 2 rings (SSSR count). The molecular formula is C12H6Cl3NO. The minimum Gasteiger partial charge on any atom is -0.298 e. The van der Waals surface area contributed by atoms with Crippen molar-refractivity contribution in [2.45, 2.75) is 0 Å². The van der Waals surface area contributed by atoms with E-state index in [1.165, 1.54) is 12.3 Å². The molecule has 0 N–H and O–H groups in total. The summed E-state index contributed by atoms with van der Waals surface area (Å²) < 4.78 is 0. The zero-order valence-electron chi connectivity index (χ0n) is 8.45. The number of pyridine rings is 1. The summed E-state index contributed by atoms with van der Waals surface area (Å²) in [5, 5.41) is 1.41. The van der Waals surface area contributed by atoms with Crippen molar-refractivity contribution in [1.82, 2.24) is 4.98 Å². The lowest BCUT2D eigenvalue weighted by molar-refractivity contribution is 0.112. The Kier molecular flexibility index (Phi) is 3.67. The monoisotopic (exact) mass is 285 g/mol. The summed E-state index contributed by atoms with van der Waals surface area (Å²) in [5.41, 5.74) is 1.56. The Hall–Kier alpha value is -1.09. The zero-order chi connectivity index (χ0) is 12.4. The molecule has 0 aliphatic carbocycles. The van der Waals surface area contributed by atoms with Gasteiger partial charge >= 0.3 is 0 Å². The number of hydrogen-bond acceptors (Lipinski definition) is 2. The maximum Gasteiger partial charge on any atom is 0.151 e. The van der Waals surface area contributed by atoms with E-state index in [0.29, 0.717) is 38.2 Å². The van der Waals surface area contributed by atoms with Gasteiger partial charge in [-0.2, -0.15) is 0 Å². The number of carbonyl (C=O) groups is 1. The number of aldehydes is 1. The molecule has 1 aromatic heterocycles. The van der Waals surface area contributed by atoms with Crippen LogP contribution in [0, 0.1) is 0 Å². The lowest BCUT2D eigenvalue weighted by Crippen LogP contribution is -1.89. The normalized spacial score (nSPS) is 10.3. The van der Waals surface area contributed by atoms with Gasteiger partial charge in [0.2, 0.25) is 0 Å². The van der Waals surface area contributed by atoms with E-state index in [4.69, 9.17) is 34.8 Å². The minimum absolute atomic E-state index is 0.360. The molecule has 0 saturated heterocycles. The van der Waals surface area contributed by atoms with Gasteiger partial charge in [0.1, 0.15) is 0 Å². The summed E-state index contributed by atoms with van der Waals surface area (Å²) in [5.74, 6) is 0. The van der Waals surface area contributed by atoms with Crippen LogP contribution in [0.25, 0.3) is 11.3 Å². The Morgan fingerprint density at radius 3 is 2.47 bits per heavy atom. The van der Waals surface area contributed by atoms with E-state index in [1.807, 2.05) is 0 Å². The second-order valence-electron chi connectivity index (χ2n) is 3.34. The Morgan fingerprint density at radius 2 is 1.82 bits per heavy atom. The van der Waals surface area contributed by atoms with Crippen LogP contribution >= 0.6 is 34.8 Å². The number of carbonyl (C=O) groups excluding carboxylic acids is 1. The van der Waals surface area contributed by atoms with Gasteiger partial charge < -0.3 is 0 Å². The summed E-state index contributed by atoms with van der Waals surface area (Å²) in [6.45, 7) is 0. The third-order valence-corrected chi connectivity index (χ3v) is 3.03. The molecule has 2 aromatic rings. The molecule has 0 radical (unpaired) electrons. The predicted molar refractivity (Wildman–Crippen MR) is 70.1 cm³/mol. The Morgan fingerprint density at radius 1 is 1.06 bits per heavy atom. The summed E-state index contributed by atoms with van der Waals surface area (Å²) in [4.78, 5) is 14.7. The Bertz CT molecular complexity index is 584. The van der Waals surface area contributed by atoms with Gasteiger partial charge in [-0.1, -0.05) is 34.8 Å². The van der Waals surface area contributed by atoms with Crippen LogP contribution in [0.2, 0.25) is 15.1 Å². The first-order valence-corrected chi connectivity index (χ1v) is 5.81. The molecule has 0 unspecified atom stereocenters. The van der Waals surface area contributed by atoms with Crippen molar-refractivity contribution >= 4 is 41.1 Å². The first-order valence-electron chi connectivity index (χ1n) is 4.68. The van der Waals surface area contributed by atoms with E-state index >= 15 is 0 Å². The lowest BCUT2D eigenvalue weighted by Gasteiger charge is -2.06. The molecule has 2 nitrogen and oxygen atoms in total. The number of hydrogen-bond donors (Lipinski definition) is 0. The molecule has 0 fully saturated rings. The average Bonchev–Trinajstić information content (AvgIpc) is 2.32.